The van der Waals surface area contributed by atoms with Crippen molar-refractivity contribution in [3.63, 3.8) is 0 Å². The summed E-state index contributed by atoms with van der Waals surface area (Å²) >= 11 is 6.77. The van der Waals surface area contributed by atoms with Gasteiger partial charge in [0, 0.05) is 15.4 Å². The topological polar surface area (TPSA) is 55.4 Å². The number of nitrogens with one attached hydrogen (secondary N) is 1. The van der Waals surface area contributed by atoms with Crippen molar-refractivity contribution in [1.29, 1.82) is 0 Å². The number of amides is 1. The molecule has 6 heteroatoms. The number of carbonyl (C=O) groups is 2. The third-order valence-electron chi connectivity index (χ3n) is 3.74. The lowest BCUT2D eigenvalue weighted by Gasteiger charge is -2.33. The molecule has 0 aliphatic carbocycles. The molecule has 3 rings (SSSR count). The SMILES string of the molecule is CC1(C(=O)Nc2ccc(Br)cc2Br)Cc2ccccc2C(=O)O1. The summed E-state index contributed by atoms with van der Waals surface area (Å²) in [5.41, 5.74) is 0.714. The van der Waals surface area contributed by atoms with Crippen molar-refractivity contribution in [2.24, 2.45) is 0 Å². The van der Waals surface area contributed by atoms with Gasteiger partial charge in [-0.2, -0.15) is 0 Å². The molecule has 0 aromatic heterocycles. The van der Waals surface area contributed by atoms with Gasteiger partial charge in [0.1, 0.15) is 0 Å². The smallest absolute Gasteiger partial charge is 0.339 e. The maximum atomic E-state index is 12.7. The van der Waals surface area contributed by atoms with Crippen LogP contribution in [0, 0.1) is 0 Å². The van der Waals surface area contributed by atoms with E-state index >= 15 is 0 Å². The van der Waals surface area contributed by atoms with Crippen molar-refractivity contribution in [3.8, 4) is 0 Å². The van der Waals surface area contributed by atoms with Crippen molar-refractivity contribution >= 4 is 49.4 Å². The molecule has 1 aliphatic rings. The van der Waals surface area contributed by atoms with Crippen LogP contribution in [0.15, 0.2) is 51.4 Å². The number of carbonyl (C=O) groups excluding carboxylic acids is 2. The summed E-state index contributed by atoms with van der Waals surface area (Å²) in [5, 5.41) is 2.82. The van der Waals surface area contributed by atoms with Crippen molar-refractivity contribution in [2.75, 3.05) is 5.32 Å². The van der Waals surface area contributed by atoms with Crippen LogP contribution in [-0.4, -0.2) is 17.5 Å². The molecule has 4 nitrogen and oxygen atoms in total. The number of benzene rings is 2. The largest absolute Gasteiger partial charge is 0.445 e. The molecule has 2 aromatic rings. The Labute approximate surface area is 150 Å². The second kappa shape index (κ2) is 6.09. The predicted octanol–water partition coefficient (Wildman–Crippen LogP) is 4.32. The van der Waals surface area contributed by atoms with Crippen LogP contribution >= 0.6 is 31.9 Å². The highest BCUT2D eigenvalue weighted by Crippen LogP contribution is 2.31. The van der Waals surface area contributed by atoms with Gasteiger partial charge in [0.2, 0.25) is 0 Å². The summed E-state index contributed by atoms with van der Waals surface area (Å²) in [7, 11) is 0. The molecule has 0 spiro atoms. The molecule has 1 atom stereocenters. The lowest BCUT2D eigenvalue weighted by Crippen LogP contribution is -2.48. The van der Waals surface area contributed by atoms with E-state index < -0.39 is 11.6 Å². The van der Waals surface area contributed by atoms with Crippen LogP contribution in [0.5, 0.6) is 0 Å². The number of rotatable bonds is 2. The second-order valence-corrected chi connectivity index (χ2v) is 7.30. The van der Waals surface area contributed by atoms with Crippen LogP contribution in [0.25, 0.3) is 0 Å². The summed E-state index contributed by atoms with van der Waals surface area (Å²) in [6.45, 7) is 1.63. The van der Waals surface area contributed by atoms with E-state index in [-0.39, 0.29) is 5.91 Å². The maximum absolute atomic E-state index is 12.7. The zero-order valence-electron chi connectivity index (χ0n) is 12.2. The summed E-state index contributed by atoms with van der Waals surface area (Å²) in [4.78, 5) is 24.8. The molecule has 1 amide bonds. The van der Waals surface area contributed by atoms with Gasteiger partial charge in [0.15, 0.2) is 5.60 Å². The molecule has 2 aromatic carbocycles. The number of fused-ring (bicyclic) bond motifs is 1. The van der Waals surface area contributed by atoms with Crippen LogP contribution in [0.1, 0.15) is 22.8 Å². The Morgan fingerprint density at radius 3 is 2.70 bits per heavy atom. The maximum Gasteiger partial charge on any atom is 0.339 e. The monoisotopic (exact) mass is 437 g/mol. The van der Waals surface area contributed by atoms with Gasteiger partial charge in [-0.3, -0.25) is 4.79 Å². The van der Waals surface area contributed by atoms with Gasteiger partial charge >= 0.3 is 5.97 Å². The minimum atomic E-state index is -1.24. The van der Waals surface area contributed by atoms with Gasteiger partial charge in [0.05, 0.1) is 11.3 Å². The summed E-state index contributed by atoms with van der Waals surface area (Å²) < 4.78 is 7.06. The van der Waals surface area contributed by atoms with Crippen LogP contribution < -0.4 is 5.32 Å². The lowest BCUT2D eigenvalue weighted by atomic mass is 9.89. The molecule has 0 fully saturated rings. The molecule has 23 heavy (non-hydrogen) atoms. The molecule has 1 aliphatic heterocycles. The van der Waals surface area contributed by atoms with Crippen molar-refractivity contribution in [3.05, 3.63) is 62.5 Å². The standard InChI is InChI=1S/C17H13Br2NO3/c1-17(9-10-4-2-3-5-12(10)15(21)23-17)16(22)20-14-7-6-11(18)8-13(14)19/h2-8H,9H2,1H3,(H,20,22). The van der Waals surface area contributed by atoms with Crippen molar-refractivity contribution in [2.45, 2.75) is 18.9 Å². The van der Waals surface area contributed by atoms with E-state index in [1.165, 1.54) is 0 Å². The Morgan fingerprint density at radius 2 is 1.96 bits per heavy atom. The Morgan fingerprint density at radius 1 is 1.22 bits per heavy atom. The van der Waals surface area contributed by atoms with Crippen LogP contribution in [0.3, 0.4) is 0 Å². The highest BCUT2D eigenvalue weighted by atomic mass is 79.9. The van der Waals surface area contributed by atoms with E-state index in [9.17, 15) is 9.59 Å². The Kier molecular flexibility index (Phi) is 4.29. The number of hydrogen-bond donors (Lipinski definition) is 1. The van der Waals surface area contributed by atoms with Crippen molar-refractivity contribution in [1.82, 2.24) is 0 Å². The first kappa shape index (κ1) is 16.2. The third kappa shape index (κ3) is 3.19. The lowest BCUT2D eigenvalue weighted by molar-refractivity contribution is -0.134. The van der Waals surface area contributed by atoms with E-state index in [2.05, 4.69) is 37.2 Å². The second-order valence-electron chi connectivity index (χ2n) is 5.53. The first-order chi connectivity index (χ1) is 10.9. The number of halogens is 2. The van der Waals surface area contributed by atoms with E-state index in [1.54, 1.807) is 25.1 Å². The third-order valence-corrected chi connectivity index (χ3v) is 4.89. The summed E-state index contributed by atoms with van der Waals surface area (Å²) in [6, 6.07) is 12.6. The molecule has 1 N–H and O–H groups in total. The molecular formula is C17H13Br2NO3. The zero-order valence-corrected chi connectivity index (χ0v) is 15.4. The average molecular weight is 439 g/mol. The normalized spacial score (nSPS) is 19.7. The van der Waals surface area contributed by atoms with E-state index in [4.69, 9.17) is 4.74 Å². The molecule has 0 saturated carbocycles. The molecule has 1 heterocycles. The average Bonchev–Trinajstić information content (AvgIpc) is 2.50. The Bertz CT molecular complexity index is 806. The van der Waals surface area contributed by atoms with Gasteiger partial charge in [-0.05, 0) is 52.7 Å². The number of esters is 1. The minimum absolute atomic E-state index is 0.342. The number of anilines is 1. The van der Waals surface area contributed by atoms with Crippen LogP contribution in [0.4, 0.5) is 5.69 Å². The Hall–Kier alpha value is -1.66. The van der Waals surface area contributed by atoms with Crippen LogP contribution in [0.2, 0.25) is 0 Å². The van der Waals surface area contributed by atoms with E-state index in [0.29, 0.717) is 17.7 Å². The van der Waals surface area contributed by atoms with E-state index in [1.807, 2.05) is 24.3 Å². The molecule has 0 bridgehead atoms. The molecular weight excluding hydrogens is 426 g/mol. The number of cyclic esters (lactones) is 1. The van der Waals surface area contributed by atoms with Gasteiger partial charge in [-0.25, -0.2) is 4.79 Å². The predicted molar refractivity (Wildman–Crippen MR) is 94.4 cm³/mol. The first-order valence-corrected chi connectivity index (χ1v) is 8.55. The summed E-state index contributed by atoms with van der Waals surface area (Å²) in [5.74, 6) is -0.831. The fourth-order valence-corrected chi connectivity index (χ4v) is 3.65. The van der Waals surface area contributed by atoms with Gasteiger partial charge < -0.3 is 10.1 Å². The van der Waals surface area contributed by atoms with Crippen LogP contribution in [-0.2, 0) is 16.0 Å². The quantitative estimate of drug-likeness (QED) is 0.710. The van der Waals surface area contributed by atoms with Crippen molar-refractivity contribution < 1.29 is 14.3 Å². The van der Waals surface area contributed by atoms with Gasteiger partial charge in [-0.1, -0.05) is 34.1 Å². The first-order valence-electron chi connectivity index (χ1n) is 6.97. The van der Waals surface area contributed by atoms with E-state index in [0.717, 1.165) is 14.5 Å². The Balaban J connectivity index is 1.86. The molecule has 118 valence electrons. The highest BCUT2D eigenvalue weighted by molar-refractivity contribution is 9.11. The number of hydrogen-bond acceptors (Lipinski definition) is 3. The van der Waals surface area contributed by atoms with Gasteiger partial charge in [0.25, 0.3) is 5.91 Å². The summed E-state index contributed by atoms with van der Waals surface area (Å²) in [6.07, 6.45) is 0.342. The van der Waals surface area contributed by atoms with Gasteiger partial charge in [-0.15, -0.1) is 0 Å². The number of ether oxygens (including phenoxy) is 1. The zero-order chi connectivity index (χ0) is 16.6. The minimum Gasteiger partial charge on any atom is -0.445 e. The molecule has 1 unspecified atom stereocenters. The fraction of sp³-hybridized carbons (Fsp3) is 0.176. The fourth-order valence-electron chi connectivity index (χ4n) is 2.50. The molecule has 0 saturated heterocycles. The highest BCUT2D eigenvalue weighted by Gasteiger charge is 2.42. The molecule has 0 radical (unpaired) electrons.